The van der Waals surface area contributed by atoms with Crippen LogP contribution in [0.5, 0.6) is 0 Å². The van der Waals surface area contributed by atoms with Crippen LogP contribution in [-0.4, -0.2) is 57.8 Å². The van der Waals surface area contributed by atoms with Crippen LogP contribution >= 0.6 is 0 Å². The standard InChI is InChI=1S/C17H19NO8/c1-2-25-16(23)13-11(14(19)20)8-12(15(21)22)18(13)17(24)26-9-10-6-4-3-5-7-10/h3-7,11-13H,2,8-9H2,1H3,(H,19,20)(H,21,22)/t11-,12-,13-/m0/s1. The second-order valence-corrected chi connectivity index (χ2v) is 5.68. The van der Waals surface area contributed by atoms with Gasteiger partial charge in [-0.05, 0) is 18.9 Å². The van der Waals surface area contributed by atoms with E-state index in [1.807, 2.05) is 0 Å². The third-order valence-electron chi connectivity index (χ3n) is 4.04. The molecule has 140 valence electrons. The molecule has 2 N–H and O–H groups in total. The Morgan fingerprint density at radius 2 is 1.73 bits per heavy atom. The van der Waals surface area contributed by atoms with E-state index in [0.29, 0.717) is 10.5 Å². The molecular weight excluding hydrogens is 346 g/mol. The Morgan fingerprint density at radius 3 is 2.27 bits per heavy atom. The van der Waals surface area contributed by atoms with Crippen molar-refractivity contribution in [1.29, 1.82) is 0 Å². The molecule has 0 spiro atoms. The Hall–Kier alpha value is -3.10. The number of carbonyl (C=O) groups excluding carboxylic acids is 2. The van der Waals surface area contributed by atoms with E-state index in [1.54, 1.807) is 30.3 Å². The Morgan fingerprint density at radius 1 is 1.08 bits per heavy atom. The number of hydrogen-bond acceptors (Lipinski definition) is 6. The lowest BCUT2D eigenvalue weighted by molar-refractivity contribution is -0.156. The molecule has 1 aromatic carbocycles. The molecule has 0 radical (unpaired) electrons. The number of ether oxygens (including phenoxy) is 2. The fourth-order valence-electron chi connectivity index (χ4n) is 2.87. The van der Waals surface area contributed by atoms with E-state index in [4.69, 9.17) is 9.47 Å². The average molecular weight is 365 g/mol. The summed E-state index contributed by atoms with van der Waals surface area (Å²) in [5.41, 5.74) is 0.661. The van der Waals surface area contributed by atoms with Gasteiger partial charge in [-0.3, -0.25) is 9.69 Å². The van der Waals surface area contributed by atoms with Gasteiger partial charge in [-0.1, -0.05) is 30.3 Å². The molecule has 0 saturated carbocycles. The minimum Gasteiger partial charge on any atom is -0.481 e. The maximum absolute atomic E-state index is 12.5. The lowest BCUT2D eigenvalue weighted by Gasteiger charge is -2.27. The predicted octanol–water partition coefficient (Wildman–Crippen LogP) is 1.11. The van der Waals surface area contributed by atoms with Crippen LogP contribution in [0, 0.1) is 5.92 Å². The van der Waals surface area contributed by atoms with Crippen molar-refractivity contribution in [2.75, 3.05) is 6.61 Å². The zero-order valence-corrected chi connectivity index (χ0v) is 14.0. The SMILES string of the molecule is CCOC(=O)[C@@H]1[C@@H](C(=O)O)C[C@@H](C(=O)O)N1C(=O)OCc1ccccc1. The molecule has 1 heterocycles. The van der Waals surface area contributed by atoms with Crippen molar-refractivity contribution < 1.29 is 38.9 Å². The quantitative estimate of drug-likeness (QED) is 0.717. The number of carboxylic acid groups (broad SMARTS) is 2. The summed E-state index contributed by atoms with van der Waals surface area (Å²) in [5, 5.41) is 18.7. The summed E-state index contributed by atoms with van der Waals surface area (Å²) < 4.78 is 9.93. The fraction of sp³-hybridized carbons (Fsp3) is 0.412. The van der Waals surface area contributed by atoms with Gasteiger partial charge in [0.15, 0.2) is 0 Å². The monoisotopic (exact) mass is 365 g/mol. The second-order valence-electron chi connectivity index (χ2n) is 5.68. The summed E-state index contributed by atoms with van der Waals surface area (Å²) in [6.07, 6.45) is -1.49. The van der Waals surface area contributed by atoms with Gasteiger partial charge in [-0.25, -0.2) is 14.4 Å². The van der Waals surface area contributed by atoms with E-state index in [2.05, 4.69) is 0 Å². The number of hydrogen-bond donors (Lipinski definition) is 2. The third kappa shape index (κ3) is 4.11. The number of nitrogens with zero attached hydrogens (tertiary/aromatic N) is 1. The van der Waals surface area contributed by atoms with Gasteiger partial charge in [0.2, 0.25) is 0 Å². The van der Waals surface area contributed by atoms with Crippen molar-refractivity contribution >= 4 is 24.0 Å². The highest BCUT2D eigenvalue weighted by atomic mass is 16.6. The predicted molar refractivity (Wildman–Crippen MR) is 86.1 cm³/mol. The van der Waals surface area contributed by atoms with Gasteiger partial charge < -0.3 is 19.7 Å². The summed E-state index contributed by atoms with van der Waals surface area (Å²) in [7, 11) is 0. The van der Waals surface area contributed by atoms with Gasteiger partial charge in [-0.2, -0.15) is 0 Å². The minimum absolute atomic E-state index is 0.0354. The van der Waals surface area contributed by atoms with Crippen LogP contribution < -0.4 is 0 Å². The molecule has 1 aliphatic rings. The van der Waals surface area contributed by atoms with Crippen LogP contribution in [-0.2, 0) is 30.5 Å². The molecule has 1 aliphatic heterocycles. The summed E-state index contributed by atoms with van der Waals surface area (Å²) in [5.74, 6) is -5.16. The van der Waals surface area contributed by atoms with Crippen LogP contribution in [0.4, 0.5) is 4.79 Å². The van der Waals surface area contributed by atoms with E-state index in [1.165, 1.54) is 6.92 Å². The Kier molecular flexibility index (Phi) is 6.16. The third-order valence-corrected chi connectivity index (χ3v) is 4.04. The smallest absolute Gasteiger partial charge is 0.411 e. The molecule has 3 atom stereocenters. The Balaban J connectivity index is 2.25. The second kappa shape index (κ2) is 8.32. The molecule has 26 heavy (non-hydrogen) atoms. The van der Waals surface area contributed by atoms with Crippen LogP contribution in [0.1, 0.15) is 18.9 Å². The largest absolute Gasteiger partial charge is 0.481 e. The molecule has 0 bridgehead atoms. The molecule has 0 aliphatic carbocycles. The molecule has 1 saturated heterocycles. The number of carboxylic acids is 2. The zero-order chi connectivity index (χ0) is 19.3. The first kappa shape index (κ1) is 19.2. The van der Waals surface area contributed by atoms with E-state index < -0.39 is 48.4 Å². The Labute approximate surface area is 149 Å². The number of amides is 1. The summed E-state index contributed by atoms with van der Waals surface area (Å²) in [6, 6.07) is 5.61. The van der Waals surface area contributed by atoms with Crippen LogP contribution in [0.2, 0.25) is 0 Å². The summed E-state index contributed by atoms with van der Waals surface area (Å²) in [6.45, 7) is 1.34. The molecule has 2 rings (SSSR count). The molecule has 0 aromatic heterocycles. The van der Waals surface area contributed by atoms with Gasteiger partial charge >= 0.3 is 24.0 Å². The lowest BCUT2D eigenvalue weighted by atomic mass is 9.99. The summed E-state index contributed by atoms with van der Waals surface area (Å²) in [4.78, 5) is 48.3. The van der Waals surface area contributed by atoms with E-state index in [9.17, 15) is 29.4 Å². The van der Waals surface area contributed by atoms with Crippen molar-refractivity contribution in [3.05, 3.63) is 35.9 Å². The minimum atomic E-state index is -1.56. The molecule has 0 unspecified atom stereocenters. The first-order valence-corrected chi connectivity index (χ1v) is 7.98. The van der Waals surface area contributed by atoms with Crippen molar-refractivity contribution in [3.63, 3.8) is 0 Å². The number of carbonyl (C=O) groups is 4. The van der Waals surface area contributed by atoms with E-state index in [0.717, 1.165) is 0 Å². The first-order valence-electron chi connectivity index (χ1n) is 7.98. The molecule has 1 aromatic rings. The molecule has 1 fully saturated rings. The van der Waals surface area contributed by atoms with Crippen molar-refractivity contribution in [1.82, 2.24) is 4.90 Å². The molecule has 1 amide bonds. The number of esters is 1. The van der Waals surface area contributed by atoms with Crippen molar-refractivity contribution in [2.24, 2.45) is 5.92 Å². The van der Waals surface area contributed by atoms with Gasteiger partial charge in [0.05, 0.1) is 12.5 Å². The van der Waals surface area contributed by atoms with Crippen molar-refractivity contribution in [2.45, 2.75) is 32.0 Å². The van der Waals surface area contributed by atoms with Crippen LogP contribution in [0.15, 0.2) is 30.3 Å². The van der Waals surface area contributed by atoms with Gasteiger partial charge in [0, 0.05) is 0 Å². The van der Waals surface area contributed by atoms with Crippen molar-refractivity contribution in [3.8, 4) is 0 Å². The van der Waals surface area contributed by atoms with E-state index >= 15 is 0 Å². The van der Waals surface area contributed by atoms with Gasteiger partial charge in [0.1, 0.15) is 18.7 Å². The maximum atomic E-state index is 12.5. The molecule has 9 nitrogen and oxygen atoms in total. The summed E-state index contributed by atoms with van der Waals surface area (Å²) >= 11 is 0. The van der Waals surface area contributed by atoms with E-state index in [-0.39, 0.29) is 13.2 Å². The van der Waals surface area contributed by atoms with Crippen LogP contribution in [0.25, 0.3) is 0 Å². The Bertz CT molecular complexity index is 689. The molecular formula is C17H19NO8. The number of aliphatic carboxylic acids is 2. The van der Waals surface area contributed by atoms with Gasteiger partial charge in [-0.15, -0.1) is 0 Å². The highest BCUT2D eigenvalue weighted by molar-refractivity contribution is 5.92. The highest BCUT2D eigenvalue weighted by Gasteiger charge is 2.54. The number of likely N-dealkylation sites (tertiary alicyclic amines) is 1. The van der Waals surface area contributed by atoms with Crippen LogP contribution in [0.3, 0.4) is 0 Å². The zero-order valence-electron chi connectivity index (χ0n) is 14.0. The topological polar surface area (TPSA) is 130 Å². The first-order chi connectivity index (χ1) is 12.4. The highest BCUT2D eigenvalue weighted by Crippen LogP contribution is 2.32. The average Bonchev–Trinajstić information content (AvgIpc) is 3.02. The van der Waals surface area contributed by atoms with Gasteiger partial charge in [0.25, 0.3) is 0 Å². The number of rotatable bonds is 6. The number of benzene rings is 1. The lowest BCUT2D eigenvalue weighted by Crippen LogP contribution is -2.50. The maximum Gasteiger partial charge on any atom is 0.411 e. The molecule has 9 heteroatoms. The fourth-order valence-corrected chi connectivity index (χ4v) is 2.87. The normalized spacial score (nSPS) is 21.9.